The third kappa shape index (κ3) is 4.47. The predicted molar refractivity (Wildman–Crippen MR) is 108 cm³/mol. The molecule has 0 atom stereocenters. The van der Waals surface area contributed by atoms with E-state index in [1.165, 1.54) is 0 Å². The second-order valence-electron chi connectivity index (χ2n) is 5.50. The second-order valence-corrected chi connectivity index (χ2v) is 7.48. The fourth-order valence-corrected chi connectivity index (χ4v) is 3.61. The van der Waals surface area contributed by atoms with E-state index >= 15 is 0 Å². The van der Waals surface area contributed by atoms with Crippen LogP contribution in [0.4, 0.5) is 0 Å². The van der Waals surface area contributed by atoms with Gasteiger partial charge in [-0.1, -0.05) is 39.8 Å². The molecule has 1 heterocycles. The van der Waals surface area contributed by atoms with E-state index in [2.05, 4.69) is 26.1 Å². The summed E-state index contributed by atoms with van der Waals surface area (Å²) in [7, 11) is 0. The summed E-state index contributed by atoms with van der Waals surface area (Å²) < 4.78 is 8.60. The maximum Gasteiger partial charge on any atom is 0.196 e. The van der Waals surface area contributed by atoms with E-state index in [4.69, 9.17) is 9.84 Å². The smallest absolute Gasteiger partial charge is 0.196 e. The number of thioether (sulfide) groups is 1. The zero-order chi connectivity index (χ0) is 18.4. The number of benzene rings is 2. The van der Waals surface area contributed by atoms with Gasteiger partial charge in [-0.2, -0.15) is 0 Å². The maximum atomic E-state index is 9.05. The molecule has 0 saturated carbocycles. The molecule has 0 saturated heterocycles. The molecule has 0 amide bonds. The Bertz CT molecular complexity index is 835. The van der Waals surface area contributed by atoms with Crippen molar-refractivity contribution in [2.45, 2.75) is 18.5 Å². The third-order valence-electron chi connectivity index (χ3n) is 3.68. The molecule has 0 bridgehead atoms. The van der Waals surface area contributed by atoms with Gasteiger partial charge in [0.1, 0.15) is 5.75 Å². The minimum atomic E-state index is 0.170. The van der Waals surface area contributed by atoms with Crippen LogP contribution in [0.3, 0.4) is 0 Å². The Balaban J connectivity index is 2.00. The van der Waals surface area contributed by atoms with Crippen molar-refractivity contribution in [1.82, 2.24) is 14.8 Å². The number of aliphatic hydroxyl groups excluding tert-OH is 1. The highest BCUT2D eigenvalue weighted by Crippen LogP contribution is 2.29. The van der Waals surface area contributed by atoms with E-state index in [0.29, 0.717) is 13.0 Å². The molecule has 7 heteroatoms. The molecule has 0 aliphatic heterocycles. The fourth-order valence-electron chi connectivity index (χ4n) is 2.47. The molecular formula is C19H20BrN3O2S. The third-order valence-corrected chi connectivity index (χ3v) is 5.22. The molecule has 0 aliphatic rings. The molecule has 26 heavy (non-hydrogen) atoms. The van der Waals surface area contributed by atoms with Crippen molar-refractivity contribution in [3.8, 4) is 22.8 Å². The average Bonchev–Trinajstić information content (AvgIpc) is 3.07. The zero-order valence-corrected chi connectivity index (χ0v) is 16.8. The van der Waals surface area contributed by atoms with Crippen LogP contribution in [0.2, 0.25) is 0 Å². The van der Waals surface area contributed by atoms with Gasteiger partial charge in [-0.05, 0) is 49.7 Å². The van der Waals surface area contributed by atoms with E-state index in [1.54, 1.807) is 11.8 Å². The minimum absolute atomic E-state index is 0.170. The molecular weight excluding hydrogens is 414 g/mol. The minimum Gasteiger partial charge on any atom is -0.494 e. The molecule has 2 aromatic carbocycles. The Morgan fingerprint density at radius 1 is 1.08 bits per heavy atom. The van der Waals surface area contributed by atoms with Crippen molar-refractivity contribution in [1.29, 1.82) is 0 Å². The molecule has 3 rings (SSSR count). The quantitative estimate of drug-likeness (QED) is 0.416. The molecule has 5 nitrogen and oxygen atoms in total. The van der Waals surface area contributed by atoms with Crippen LogP contribution >= 0.6 is 27.7 Å². The Hall–Kier alpha value is -1.83. The van der Waals surface area contributed by atoms with Gasteiger partial charge in [-0.3, -0.25) is 4.57 Å². The normalized spacial score (nSPS) is 10.9. The Labute approximate surface area is 165 Å². The molecule has 0 radical (unpaired) electrons. The molecule has 1 N–H and O–H groups in total. The summed E-state index contributed by atoms with van der Waals surface area (Å²) in [6.45, 7) is 2.78. The standard InChI is InChI=1S/C19H20BrN3O2S/c1-2-25-17-10-8-16(9-11-17)23-18(14-4-6-15(20)7-5-14)21-22-19(23)26-13-3-12-24/h4-11,24H,2-3,12-13H2,1H3. The number of hydrogen-bond donors (Lipinski definition) is 1. The largest absolute Gasteiger partial charge is 0.494 e. The first-order valence-electron chi connectivity index (χ1n) is 8.41. The Morgan fingerprint density at radius 2 is 1.81 bits per heavy atom. The number of aromatic nitrogens is 3. The fraction of sp³-hybridized carbons (Fsp3) is 0.263. The number of halogens is 1. The molecule has 0 aliphatic carbocycles. The van der Waals surface area contributed by atoms with Crippen molar-refractivity contribution < 1.29 is 9.84 Å². The van der Waals surface area contributed by atoms with Crippen molar-refractivity contribution in [3.05, 3.63) is 53.0 Å². The van der Waals surface area contributed by atoms with Gasteiger partial charge in [0.15, 0.2) is 11.0 Å². The van der Waals surface area contributed by atoms with Crippen LogP contribution in [-0.4, -0.2) is 38.8 Å². The average molecular weight is 434 g/mol. The van der Waals surface area contributed by atoms with Gasteiger partial charge in [0.25, 0.3) is 0 Å². The summed E-state index contributed by atoms with van der Waals surface area (Å²) >= 11 is 5.06. The highest BCUT2D eigenvalue weighted by atomic mass is 79.9. The van der Waals surface area contributed by atoms with Crippen LogP contribution in [0.1, 0.15) is 13.3 Å². The zero-order valence-electron chi connectivity index (χ0n) is 14.4. The maximum absolute atomic E-state index is 9.05. The second kappa shape index (κ2) is 9.21. The first kappa shape index (κ1) is 18.9. The molecule has 136 valence electrons. The van der Waals surface area contributed by atoms with Gasteiger partial charge in [-0.15, -0.1) is 10.2 Å². The number of hydrogen-bond acceptors (Lipinski definition) is 5. The molecule has 1 aromatic heterocycles. The topological polar surface area (TPSA) is 60.2 Å². The summed E-state index contributed by atoms with van der Waals surface area (Å²) in [6.07, 6.45) is 0.717. The van der Waals surface area contributed by atoms with Crippen LogP contribution in [0, 0.1) is 0 Å². The van der Waals surface area contributed by atoms with Crippen LogP contribution in [-0.2, 0) is 0 Å². The lowest BCUT2D eigenvalue weighted by molar-refractivity contribution is 0.296. The summed E-state index contributed by atoms with van der Waals surface area (Å²) in [5.41, 5.74) is 1.96. The predicted octanol–water partition coefficient (Wildman–Crippen LogP) is 4.57. The highest BCUT2D eigenvalue weighted by molar-refractivity contribution is 9.10. The molecule has 0 fully saturated rings. The highest BCUT2D eigenvalue weighted by Gasteiger charge is 2.16. The first-order valence-corrected chi connectivity index (χ1v) is 10.2. The van der Waals surface area contributed by atoms with Gasteiger partial charge >= 0.3 is 0 Å². The van der Waals surface area contributed by atoms with Crippen molar-refractivity contribution >= 4 is 27.7 Å². The van der Waals surface area contributed by atoms with E-state index in [-0.39, 0.29) is 6.61 Å². The van der Waals surface area contributed by atoms with Crippen molar-refractivity contribution in [2.75, 3.05) is 19.0 Å². The van der Waals surface area contributed by atoms with Gasteiger partial charge in [0.05, 0.1) is 6.61 Å². The van der Waals surface area contributed by atoms with E-state index in [1.807, 2.05) is 60.0 Å². The number of aliphatic hydroxyl groups is 1. The van der Waals surface area contributed by atoms with Crippen molar-refractivity contribution in [2.24, 2.45) is 0 Å². The van der Waals surface area contributed by atoms with E-state index < -0.39 is 0 Å². The van der Waals surface area contributed by atoms with Gasteiger partial charge in [-0.25, -0.2) is 0 Å². The van der Waals surface area contributed by atoms with E-state index in [9.17, 15) is 0 Å². The van der Waals surface area contributed by atoms with Crippen LogP contribution in [0.5, 0.6) is 5.75 Å². The summed E-state index contributed by atoms with van der Waals surface area (Å²) in [6, 6.07) is 15.9. The Morgan fingerprint density at radius 3 is 2.46 bits per heavy atom. The molecule has 0 spiro atoms. The number of nitrogens with zero attached hydrogens (tertiary/aromatic N) is 3. The SMILES string of the molecule is CCOc1ccc(-n2c(SCCCO)nnc2-c2ccc(Br)cc2)cc1. The van der Waals surface area contributed by atoms with Gasteiger partial charge < -0.3 is 9.84 Å². The van der Waals surface area contributed by atoms with E-state index in [0.717, 1.165) is 38.2 Å². The van der Waals surface area contributed by atoms with Crippen LogP contribution < -0.4 is 4.74 Å². The number of ether oxygens (including phenoxy) is 1. The first-order chi connectivity index (χ1) is 12.7. The lowest BCUT2D eigenvalue weighted by atomic mass is 10.2. The number of rotatable bonds is 8. The van der Waals surface area contributed by atoms with Gasteiger partial charge in [0, 0.05) is 28.1 Å². The Kier molecular flexibility index (Phi) is 6.71. The molecule has 3 aromatic rings. The monoisotopic (exact) mass is 433 g/mol. The van der Waals surface area contributed by atoms with Crippen molar-refractivity contribution in [3.63, 3.8) is 0 Å². The summed E-state index contributed by atoms with van der Waals surface area (Å²) in [5.74, 6) is 2.41. The molecule has 0 unspecified atom stereocenters. The van der Waals surface area contributed by atoms with Crippen LogP contribution in [0.25, 0.3) is 17.1 Å². The van der Waals surface area contributed by atoms with Gasteiger partial charge in [0.2, 0.25) is 0 Å². The lowest BCUT2D eigenvalue weighted by Gasteiger charge is -2.11. The van der Waals surface area contributed by atoms with Crippen LogP contribution in [0.15, 0.2) is 58.2 Å². The lowest BCUT2D eigenvalue weighted by Crippen LogP contribution is -2.01. The summed E-state index contributed by atoms with van der Waals surface area (Å²) in [4.78, 5) is 0. The summed E-state index contributed by atoms with van der Waals surface area (Å²) in [5, 5.41) is 18.6.